The Morgan fingerprint density at radius 3 is 2.15 bits per heavy atom. The molecule has 0 spiro atoms. The Labute approximate surface area is 154 Å². The van der Waals surface area contributed by atoms with Crippen molar-refractivity contribution in [1.29, 1.82) is 0 Å². The molecule has 0 aromatic heterocycles. The molecule has 4 nitrogen and oxygen atoms in total. The van der Waals surface area contributed by atoms with E-state index in [1.807, 2.05) is 65.6 Å². The monoisotopic (exact) mass is 351 g/mol. The van der Waals surface area contributed by atoms with Gasteiger partial charge in [0.1, 0.15) is 5.92 Å². The summed E-state index contributed by atoms with van der Waals surface area (Å²) >= 11 is 0. The molecule has 1 saturated heterocycles. The van der Waals surface area contributed by atoms with Crippen LogP contribution in [-0.4, -0.2) is 36.5 Å². The molecule has 1 fully saturated rings. The lowest BCUT2D eigenvalue weighted by Crippen LogP contribution is -2.41. The van der Waals surface area contributed by atoms with Crippen molar-refractivity contribution >= 4 is 11.9 Å². The van der Waals surface area contributed by atoms with Gasteiger partial charge in [-0.05, 0) is 29.9 Å². The maximum atomic E-state index is 12.8. The van der Waals surface area contributed by atoms with Crippen molar-refractivity contribution in [2.24, 2.45) is 5.92 Å². The third-order valence-electron chi connectivity index (χ3n) is 4.85. The molecule has 0 N–H and O–H groups in total. The van der Waals surface area contributed by atoms with E-state index in [4.69, 9.17) is 4.74 Å². The van der Waals surface area contributed by atoms with Gasteiger partial charge in [-0.3, -0.25) is 9.59 Å². The molecule has 2 aromatic carbocycles. The minimum atomic E-state index is -0.523. The predicted molar refractivity (Wildman–Crippen MR) is 101 cm³/mol. The number of hydrogen-bond acceptors (Lipinski definition) is 3. The second-order valence-electron chi connectivity index (χ2n) is 6.95. The molecular formula is C22H25NO3. The van der Waals surface area contributed by atoms with Crippen molar-refractivity contribution in [2.45, 2.75) is 25.7 Å². The van der Waals surface area contributed by atoms with Crippen molar-refractivity contribution in [3.05, 3.63) is 71.8 Å². The second-order valence-corrected chi connectivity index (χ2v) is 6.95. The molecule has 26 heavy (non-hydrogen) atoms. The molecule has 1 amide bonds. The van der Waals surface area contributed by atoms with Crippen LogP contribution >= 0.6 is 0 Å². The Balaban J connectivity index is 1.69. The summed E-state index contributed by atoms with van der Waals surface area (Å²) < 4.78 is 5.43. The maximum absolute atomic E-state index is 12.8. The number of nitrogens with zero attached hydrogens (tertiary/aromatic N) is 1. The number of carbonyl (C=O) groups is 2. The fourth-order valence-electron chi connectivity index (χ4n) is 3.48. The van der Waals surface area contributed by atoms with Gasteiger partial charge in [-0.1, -0.05) is 67.6 Å². The first-order valence-corrected chi connectivity index (χ1v) is 9.19. The molecule has 0 saturated carbocycles. The molecule has 1 heterocycles. The van der Waals surface area contributed by atoms with Gasteiger partial charge in [0.2, 0.25) is 0 Å². The van der Waals surface area contributed by atoms with Crippen LogP contribution in [0.3, 0.4) is 0 Å². The summed E-state index contributed by atoms with van der Waals surface area (Å²) in [4.78, 5) is 27.0. The largest absolute Gasteiger partial charge is 0.455 e. The lowest BCUT2D eigenvalue weighted by molar-refractivity contribution is -0.153. The Kier molecular flexibility index (Phi) is 6.05. The summed E-state index contributed by atoms with van der Waals surface area (Å²) in [5, 5.41) is 0. The zero-order chi connectivity index (χ0) is 18.4. The number of likely N-dealkylation sites (tertiary alicyclic amines) is 1. The van der Waals surface area contributed by atoms with Crippen molar-refractivity contribution in [3.8, 4) is 0 Å². The van der Waals surface area contributed by atoms with Crippen LogP contribution in [-0.2, 0) is 14.3 Å². The Hall–Kier alpha value is -2.62. The first-order valence-electron chi connectivity index (χ1n) is 9.19. The minimum Gasteiger partial charge on any atom is -0.455 e. The molecule has 0 aliphatic carbocycles. The molecule has 4 heteroatoms. The lowest BCUT2D eigenvalue weighted by Gasteiger charge is -2.30. The number of ether oxygens (including phenoxy) is 1. The van der Waals surface area contributed by atoms with Crippen LogP contribution in [0.5, 0.6) is 0 Å². The maximum Gasteiger partial charge on any atom is 0.318 e. The quantitative estimate of drug-likeness (QED) is 0.773. The zero-order valence-electron chi connectivity index (χ0n) is 15.1. The van der Waals surface area contributed by atoms with Crippen LogP contribution in [0.1, 0.15) is 36.8 Å². The van der Waals surface area contributed by atoms with Gasteiger partial charge in [-0.2, -0.15) is 0 Å². The van der Waals surface area contributed by atoms with Gasteiger partial charge in [0, 0.05) is 13.1 Å². The van der Waals surface area contributed by atoms with Crippen LogP contribution in [0.2, 0.25) is 0 Å². The molecule has 1 atom stereocenters. The molecule has 1 aliphatic rings. The fourth-order valence-corrected chi connectivity index (χ4v) is 3.48. The normalized spacial score (nSPS) is 17.2. The van der Waals surface area contributed by atoms with Crippen molar-refractivity contribution in [3.63, 3.8) is 0 Å². The smallest absolute Gasteiger partial charge is 0.318 e. The molecule has 0 bridgehead atoms. The van der Waals surface area contributed by atoms with Crippen LogP contribution in [0.4, 0.5) is 0 Å². The Morgan fingerprint density at radius 1 is 1.04 bits per heavy atom. The van der Waals surface area contributed by atoms with E-state index >= 15 is 0 Å². The van der Waals surface area contributed by atoms with E-state index in [-0.39, 0.29) is 18.5 Å². The van der Waals surface area contributed by atoms with Crippen molar-refractivity contribution in [1.82, 2.24) is 4.90 Å². The van der Waals surface area contributed by atoms with Gasteiger partial charge in [0.25, 0.3) is 5.91 Å². The van der Waals surface area contributed by atoms with E-state index < -0.39 is 5.92 Å². The standard InChI is InChI=1S/C22H25NO3/c1-17-9-8-14-23(15-17)20(24)16-26-22(25)21(18-10-4-2-5-11-18)19-12-6-3-7-13-19/h2-7,10-13,17,21H,8-9,14-16H2,1H3. The van der Waals surface area contributed by atoms with Crippen molar-refractivity contribution < 1.29 is 14.3 Å². The third kappa shape index (κ3) is 4.51. The summed E-state index contributed by atoms with van der Waals surface area (Å²) in [6.45, 7) is 3.45. The highest BCUT2D eigenvalue weighted by atomic mass is 16.5. The SMILES string of the molecule is CC1CCCN(C(=O)COC(=O)C(c2ccccc2)c2ccccc2)C1. The summed E-state index contributed by atoms with van der Waals surface area (Å²) in [6, 6.07) is 19.1. The van der Waals surface area contributed by atoms with Gasteiger partial charge in [0.05, 0.1) is 0 Å². The zero-order valence-corrected chi connectivity index (χ0v) is 15.1. The highest BCUT2D eigenvalue weighted by Gasteiger charge is 2.26. The van der Waals surface area contributed by atoms with Crippen LogP contribution < -0.4 is 0 Å². The van der Waals surface area contributed by atoms with E-state index in [0.717, 1.165) is 37.1 Å². The van der Waals surface area contributed by atoms with Gasteiger partial charge < -0.3 is 9.64 Å². The summed E-state index contributed by atoms with van der Waals surface area (Å²) in [5.41, 5.74) is 1.73. The molecule has 0 radical (unpaired) electrons. The highest BCUT2D eigenvalue weighted by molar-refractivity contribution is 5.85. The fraction of sp³-hybridized carbons (Fsp3) is 0.364. The average molecular weight is 351 g/mol. The average Bonchev–Trinajstić information content (AvgIpc) is 2.68. The molecule has 2 aromatic rings. The first-order chi connectivity index (χ1) is 12.6. The van der Waals surface area contributed by atoms with E-state index in [2.05, 4.69) is 6.92 Å². The number of hydrogen-bond donors (Lipinski definition) is 0. The summed E-state index contributed by atoms with van der Waals surface area (Å²) in [6.07, 6.45) is 2.16. The van der Waals surface area contributed by atoms with E-state index in [1.54, 1.807) is 0 Å². The number of esters is 1. The predicted octanol–water partition coefficient (Wildman–Crippen LogP) is 3.62. The molecular weight excluding hydrogens is 326 g/mol. The van der Waals surface area contributed by atoms with Gasteiger partial charge in [0.15, 0.2) is 6.61 Å². The van der Waals surface area contributed by atoms with Gasteiger partial charge in [-0.25, -0.2) is 0 Å². The Bertz CT molecular complexity index is 690. The molecule has 1 unspecified atom stereocenters. The van der Waals surface area contributed by atoms with Gasteiger partial charge >= 0.3 is 5.97 Å². The summed E-state index contributed by atoms with van der Waals surface area (Å²) in [7, 11) is 0. The number of carbonyl (C=O) groups excluding carboxylic acids is 2. The number of rotatable bonds is 5. The van der Waals surface area contributed by atoms with Crippen LogP contribution in [0.15, 0.2) is 60.7 Å². The topological polar surface area (TPSA) is 46.6 Å². The van der Waals surface area contributed by atoms with E-state index in [0.29, 0.717) is 5.92 Å². The van der Waals surface area contributed by atoms with Crippen LogP contribution in [0.25, 0.3) is 0 Å². The molecule has 1 aliphatic heterocycles. The summed E-state index contributed by atoms with van der Waals surface area (Å²) in [5.74, 6) is -0.513. The molecule has 136 valence electrons. The number of benzene rings is 2. The number of amides is 1. The number of piperidine rings is 1. The van der Waals surface area contributed by atoms with Crippen molar-refractivity contribution in [2.75, 3.05) is 19.7 Å². The lowest BCUT2D eigenvalue weighted by atomic mass is 9.91. The molecule has 3 rings (SSSR count). The Morgan fingerprint density at radius 2 is 1.62 bits per heavy atom. The third-order valence-corrected chi connectivity index (χ3v) is 4.85. The van der Waals surface area contributed by atoms with E-state index in [1.165, 1.54) is 0 Å². The highest BCUT2D eigenvalue weighted by Crippen LogP contribution is 2.26. The minimum absolute atomic E-state index is 0.107. The van der Waals surface area contributed by atoms with Crippen LogP contribution in [0, 0.1) is 5.92 Å². The van der Waals surface area contributed by atoms with E-state index in [9.17, 15) is 9.59 Å². The first kappa shape index (κ1) is 18.2. The second kappa shape index (κ2) is 8.65. The van der Waals surface area contributed by atoms with Gasteiger partial charge in [-0.15, -0.1) is 0 Å².